The summed E-state index contributed by atoms with van der Waals surface area (Å²) in [4.78, 5) is 22.4. The zero-order valence-corrected chi connectivity index (χ0v) is 8.57. The molecule has 1 atom stereocenters. The van der Waals surface area contributed by atoms with Gasteiger partial charge >= 0.3 is 5.97 Å². The van der Waals surface area contributed by atoms with Crippen molar-refractivity contribution >= 4 is 11.8 Å². The van der Waals surface area contributed by atoms with Crippen LogP contribution in [0.4, 0.5) is 4.39 Å². The molecule has 0 heterocycles. The van der Waals surface area contributed by atoms with Gasteiger partial charge in [0.05, 0.1) is 6.42 Å². The summed E-state index contributed by atoms with van der Waals surface area (Å²) in [5.41, 5.74) is 0.770. The van der Waals surface area contributed by atoms with Crippen molar-refractivity contribution in [3.05, 3.63) is 35.1 Å². The lowest BCUT2D eigenvalue weighted by atomic mass is 9.81. The monoisotopic (exact) mass is 222 g/mol. The maximum atomic E-state index is 13.4. The molecule has 1 aliphatic carbocycles. The van der Waals surface area contributed by atoms with E-state index < -0.39 is 11.9 Å². The van der Waals surface area contributed by atoms with E-state index in [1.165, 1.54) is 12.1 Å². The molecule has 16 heavy (non-hydrogen) atoms. The van der Waals surface area contributed by atoms with Crippen LogP contribution in [0.5, 0.6) is 0 Å². The third kappa shape index (κ3) is 1.83. The highest BCUT2D eigenvalue weighted by Gasteiger charge is 2.30. The fourth-order valence-electron chi connectivity index (χ4n) is 2.12. The Bertz CT molecular complexity index is 454. The first-order valence-corrected chi connectivity index (χ1v) is 5.13. The molecule has 1 aliphatic rings. The maximum absolute atomic E-state index is 13.4. The summed E-state index contributed by atoms with van der Waals surface area (Å²) >= 11 is 0. The van der Waals surface area contributed by atoms with Gasteiger partial charge in [-0.15, -0.1) is 0 Å². The topological polar surface area (TPSA) is 54.4 Å². The molecule has 1 unspecified atom stereocenters. The van der Waals surface area contributed by atoms with Gasteiger partial charge in [-0.3, -0.25) is 9.59 Å². The predicted octanol–water partition coefficient (Wildman–Crippen LogP) is 2.05. The van der Waals surface area contributed by atoms with Crippen LogP contribution in [-0.4, -0.2) is 16.9 Å². The molecule has 2 rings (SSSR count). The summed E-state index contributed by atoms with van der Waals surface area (Å²) < 4.78 is 13.4. The Kier molecular flexibility index (Phi) is 2.73. The van der Waals surface area contributed by atoms with E-state index in [2.05, 4.69) is 0 Å². The number of carbonyl (C=O) groups excluding carboxylic acids is 1. The first-order valence-electron chi connectivity index (χ1n) is 5.13. The van der Waals surface area contributed by atoms with Crippen molar-refractivity contribution < 1.29 is 19.1 Å². The average molecular weight is 222 g/mol. The van der Waals surface area contributed by atoms with Crippen molar-refractivity contribution in [1.82, 2.24) is 0 Å². The van der Waals surface area contributed by atoms with E-state index in [4.69, 9.17) is 5.11 Å². The van der Waals surface area contributed by atoms with E-state index in [1.54, 1.807) is 6.07 Å². The highest BCUT2D eigenvalue weighted by molar-refractivity contribution is 6.01. The quantitative estimate of drug-likeness (QED) is 0.833. The van der Waals surface area contributed by atoms with Gasteiger partial charge < -0.3 is 5.11 Å². The van der Waals surface area contributed by atoms with Crippen molar-refractivity contribution in [1.29, 1.82) is 0 Å². The molecular formula is C12H11FO3. The lowest BCUT2D eigenvalue weighted by Gasteiger charge is -2.22. The Balaban J connectivity index is 2.32. The molecule has 0 saturated heterocycles. The lowest BCUT2D eigenvalue weighted by Crippen LogP contribution is -2.25. The molecule has 0 spiro atoms. The number of rotatable bonds is 2. The van der Waals surface area contributed by atoms with Crippen LogP contribution in [0, 0.1) is 11.7 Å². The minimum Gasteiger partial charge on any atom is -0.481 e. The van der Waals surface area contributed by atoms with Crippen molar-refractivity contribution in [2.45, 2.75) is 19.3 Å². The van der Waals surface area contributed by atoms with Crippen LogP contribution < -0.4 is 0 Å². The number of benzene rings is 1. The molecule has 0 aliphatic heterocycles. The van der Waals surface area contributed by atoms with Crippen LogP contribution in [0.1, 0.15) is 28.8 Å². The number of fused-ring (bicyclic) bond motifs is 1. The van der Waals surface area contributed by atoms with Gasteiger partial charge in [-0.25, -0.2) is 4.39 Å². The Morgan fingerprint density at radius 3 is 2.94 bits per heavy atom. The lowest BCUT2D eigenvalue weighted by molar-refractivity contribution is -0.137. The molecule has 84 valence electrons. The van der Waals surface area contributed by atoms with E-state index in [1.807, 2.05) is 0 Å². The number of hydrogen-bond donors (Lipinski definition) is 1. The third-order valence-corrected chi connectivity index (χ3v) is 2.92. The molecule has 0 fully saturated rings. The van der Waals surface area contributed by atoms with Crippen molar-refractivity contribution in [2.24, 2.45) is 5.92 Å². The number of carboxylic acids is 1. The number of aliphatic carboxylic acids is 1. The van der Waals surface area contributed by atoms with Gasteiger partial charge in [-0.1, -0.05) is 12.1 Å². The van der Waals surface area contributed by atoms with E-state index in [-0.39, 0.29) is 18.0 Å². The van der Waals surface area contributed by atoms with Crippen LogP contribution >= 0.6 is 0 Å². The van der Waals surface area contributed by atoms with Gasteiger partial charge in [-0.05, 0) is 24.5 Å². The summed E-state index contributed by atoms with van der Waals surface area (Å²) in [5.74, 6) is -2.12. The van der Waals surface area contributed by atoms with Gasteiger partial charge in [0.25, 0.3) is 0 Å². The molecular weight excluding hydrogens is 211 g/mol. The van der Waals surface area contributed by atoms with E-state index in [0.29, 0.717) is 24.0 Å². The summed E-state index contributed by atoms with van der Waals surface area (Å²) in [7, 11) is 0. The van der Waals surface area contributed by atoms with Crippen LogP contribution in [-0.2, 0) is 11.2 Å². The Morgan fingerprint density at radius 2 is 2.25 bits per heavy atom. The van der Waals surface area contributed by atoms with Crippen molar-refractivity contribution in [3.8, 4) is 0 Å². The van der Waals surface area contributed by atoms with Crippen LogP contribution in [0.25, 0.3) is 0 Å². The van der Waals surface area contributed by atoms with E-state index >= 15 is 0 Å². The Labute approximate surface area is 91.9 Å². The number of ketones is 1. The molecule has 0 amide bonds. The first-order chi connectivity index (χ1) is 7.59. The number of Topliss-reactive ketones (excluding diaryl/α,β-unsaturated/α-hetero) is 1. The molecule has 1 aromatic carbocycles. The Morgan fingerprint density at radius 1 is 1.50 bits per heavy atom. The van der Waals surface area contributed by atoms with Crippen LogP contribution in [0.2, 0.25) is 0 Å². The summed E-state index contributed by atoms with van der Waals surface area (Å²) in [6.45, 7) is 0. The van der Waals surface area contributed by atoms with E-state index in [9.17, 15) is 14.0 Å². The zero-order chi connectivity index (χ0) is 11.7. The van der Waals surface area contributed by atoms with Gasteiger partial charge in [0.2, 0.25) is 0 Å². The second kappa shape index (κ2) is 4.04. The smallest absolute Gasteiger partial charge is 0.304 e. The number of hydrogen-bond acceptors (Lipinski definition) is 2. The number of carboxylic acid groups (broad SMARTS) is 1. The Hall–Kier alpha value is -1.71. The number of halogens is 1. The standard InChI is InChI=1S/C12H11FO3/c13-10-3-1-2-9-8(10)5-4-7(12(9)16)6-11(14)15/h1-3,7H,4-6H2,(H,14,15). The summed E-state index contributed by atoms with van der Waals surface area (Å²) in [6.07, 6.45) is 0.680. The minimum absolute atomic E-state index is 0.172. The second-order valence-electron chi connectivity index (χ2n) is 3.96. The third-order valence-electron chi connectivity index (χ3n) is 2.92. The predicted molar refractivity (Wildman–Crippen MR) is 54.8 cm³/mol. The van der Waals surface area contributed by atoms with Crippen molar-refractivity contribution in [3.63, 3.8) is 0 Å². The fourth-order valence-corrected chi connectivity index (χ4v) is 2.12. The summed E-state index contributed by atoms with van der Waals surface area (Å²) in [6, 6.07) is 4.37. The van der Waals surface area contributed by atoms with Crippen molar-refractivity contribution in [2.75, 3.05) is 0 Å². The zero-order valence-electron chi connectivity index (χ0n) is 8.57. The van der Waals surface area contributed by atoms with Gasteiger partial charge in [0.1, 0.15) is 5.82 Å². The second-order valence-corrected chi connectivity index (χ2v) is 3.96. The fraction of sp³-hybridized carbons (Fsp3) is 0.333. The molecule has 1 N–H and O–H groups in total. The van der Waals surface area contributed by atoms with Gasteiger partial charge in [0, 0.05) is 11.5 Å². The van der Waals surface area contributed by atoms with Gasteiger partial charge in [-0.2, -0.15) is 0 Å². The highest BCUT2D eigenvalue weighted by Crippen LogP contribution is 2.29. The first kappa shape index (κ1) is 10.8. The molecule has 0 radical (unpaired) electrons. The van der Waals surface area contributed by atoms with Crippen LogP contribution in [0.15, 0.2) is 18.2 Å². The largest absolute Gasteiger partial charge is 0.481 e. The molecule has 4 heteroatoms. The summed E-state index contributed by atoms with van der Waals surface area (Å²) in [5, 5.41) is 8.66. The highest BCUT2D eigenvalue weighted by atomic mass is 19.1. The van der Waals surface area contributed by atoms with E-state index in [0.717, 1.165) is 0 Å². The molecule has 3 nitrogen and oxygen atoms in total. The minimum atomic E-state index is -0.988. The molecule has 0 bridgehead atoms. The number of carbonyl (C=O) groups is 2. The molecule has 0 saturated carbocycles. The molecule has 0 aromatic heterocycles. The average Bonchev–Trinajstić information content (AvgIpc) is 2.23. The molecule has 1 aromatic rings. The van der Waals surface area contributed by atoms with Gasteiger partial charge in [0.15, 0.2) is 5.78 Å². The van der Waals surface area contributed by atoms with Crippen LogP contribution in [0.3, 0.4) is 0 Å². The normalized spacial score (nSPS) is 19.3. The maximum Gasteiger partial charge on any atom is 0.304 e. The SMILES string of the molecule is O=C(O)CC1CCc2c(F)cccc2C1=O.